The number of nitrogens with zero attached hydrogens (tertiary/aromatic N) is 1. The molecule has 4 atom stereocenters. The number of aliphatic imine (C=N–C) groups is 1. The largest absolute Gasteiger partial charge is 0.480 e. The smallest absolute Gasteiger partial charge is 0.326 e. The number of carbonyl (C=O) groups excluding carboxylic acids is 5. The van der Waals surface area contributed by atoms with Crippen LogP contribution < -0.4 is 50.4 Å². The van der Waals surface area contributed by atoms with Gasteiger partial charge in [0.25, 0.3) is 0 Å². The molecule has 0 aliphatic carbocycles. The Labute approximate surface area is 226 Å². The van der Waals surface area contributed by atoms with Crippen LogP contribution in [0.3, 0.4) is 0 Å². The van der Waals surface area contributed by atoms with Gasteiger partial charge in [-0.15, -0.1) is 0 Å². The molecule has 5 amide bonds. The zero-order chi connectivity index (χ0) is 30.0. The van der Waals surface area contributed by atoms with Gasteiger partial charge in [0.15, 0.2) is 5.96 Å². The number of guanidine groups is 1. The molecule has 16 N–H and O–H groups in total. The van der Waals surface area contributed by atoms with Crippen molar-refractivity contribution in [2.45, 2.75) is 82.0 Å². The van der Waals surface area contributed by atoms with Crippen molar-refractivity contribution in [2.24, 2.45) is 39.4 Å². The summed E-state index contributed by atoms with van der Waals surface area (Å²) >= 11 is 0. The number of rotatable bonds is 21. The van der Waals surface area contributed by atoms with Gasteiger partial charge in [0.1, 0.15) is 18.1 Å². The lowest BCUT2D eigenvalue weighted by atomic mass is 10.0. The van der Waals surface area contributed by atoms with E-state index >= 15 is 0 Å². The molecule has 0 bridgehead atoms. The fourth-order valence-electron chi connectivity index (χ4n) is 3.33. The number of hydrogen-bond donors (Lipinski definition) is 10. The third-order valence-corrected chi connectivity index (χ3v) is 5.49. The number of nitrogens with two attached hydrogens (primary N) is 6. The second-order valence-corrected chi connectivity index (χ2v) is 8.87. The maximum atomic E-state index is 13.1. The molecular weight excluding hydrogens is 516 g/mol. The van der Waals surface area contributed by atoms with E-state index in [0.29, 0.717) is 19.4 Å². The Kier molecular flexibility index (Phi) is 17.2. The number of carboxylic acid groups (broad SMARTS) is 1. The number of unbranched alkanes of at least 4 members (excludes halogenated alkanes) is 1. The molecule has 0 saturated heterocycles. The Morgan fingerprint density at radius 1 is 0.667 bits per heavy atom. The Balaban J connectivity index is 5.56. The molecule has 0 aromatic heterocycles. The first-order valence-corrected chi connectivity index (χ1v) is 12.5. The Morgan fingerprint density at radius 3 is 1.67 bits per heavy atom. The molecule has 222 valence electrons. The molecule has 0 spiro atoms. The molecule has 0 fully saturated rings. The van der Waals surface area contributed by atoms with Gasteiger partial charge in [-0.1, -0.05) is 0 Å². The molecule has 0 saturated carbocycles. The number of hydrogen-bond acceptors (Lipinski definition) is 9. The highest BCUT2D eigenvalue weighted by molar-refractivity contribution is 5.94. The second-order valence-electron chi connectivity index (χ2n) is 8.87. The van der Waals surface area contributed by atoms with Crippen molar-refractivity contribution in [3.8, 4) is 0 Å². The van der Waals surface area contributed by atoms with Crippen LogP contribution in [0.25, 0.3) is 0 Å². The molecule has 17 heteroatoms. The Hall–Kier alpha value is -3.99. The van der Waals surface area contributed by atoms with Gasteiger partial charge in [0, 0.05) is 19.4 Å². The first-order valence-electron chi connectivity index (χ1n) is 12.5. The van der Waals surface area contributed by atoms with E-state index in [1.165, 1.54) is 0 Å². The van der Waals surface area contributed by atoms with Gasteiger partial charge >= 0.3 is 5.97 Å². The molecule has 17 nitrogen and oxygen atoms in total. The summed E-state index contributed by atoms with van der Waals surface area (Å²) in [6, 6.07) is -4.93. The SMILES string of the molecule is NCCCCC(NC(=O)C(CCC(N)=O)NC(=O)C(N)CCC(N)=O)C(=O)NC(CCCN=C(N)N)C(=O)O. The van der Waals surface area contributed by atoms with E-state index in [-0.39, 0.29) is 57.5 Å². The summed E-state index contributed by atoms with van der Waals surface area (Å²) < 4.78 is 0. The van der Waals surface area contributed by atoms with Crippen molar-refractivity contribution < 1.29 is 33.9 Å². The van der Waals surface area contributed by atoms with Gasteiger partial charge in [-0.25, -0.2) is 4.79 Å². The van der Waals surface area contributed by atoms with Crippen LogP contribution in [-0.4, -0.2) is 83.8 Å². The van der Waals surface area contributed by atoms with Crippen LogP contribution in [0.15, 0.2) is 4.99 Å². The molecular formula is C22H42N10O7. The first kappa shape index (κ1) is 35.0. The lowest BCUT2D eigenvalue weighted by molar-refractivity contribution is -0.142. The highest BCUT2D eigenvalue weighted by atomic mass is 16.4. The van der Waals surface area contributed by atoms with E-state index in [9.17, 15) is 33.9 Å². The highest BCUT2D eigenvalue weighted by Crippen LogP contribution is 2.07. The minimum absolute atomic E-state index is 0.0157. The summed E-state index contributed by atoms with van der Waals surface area (Å²) in [6.45, 7) is 0.479. The van der Waals surface area contributed by atoms with Gasteiger partial charge in [-0.3, -0.25) is 29.0 Å². The van der Waals surface area contributed by atoms with Crippen molar-refractivity contribution in [2.75, 3.05) is 13.1 Å². The minimum atomic E-state index is -1.30. The lowest BCUT2D eigenvalue weighted by Crippen LogP contribution is -2.57. The number of carbonyl (C=O) groups is 6. The molecule has 0 aliphatic rings. The molecule has 0 radical (unpaired) electrons. The number of amides is 5. The van der Waals surface area contributed by atoms with Crippen LogP contribution in [0.2, 0.25) is 0 Å². The summed E-state index contributed by atoms with van der Waals surface area (Å²) in [5, 5.41) is 16.8. The Morgan fingerprint density at radius 2 is 1.15 bits per heavy atom. The summed E-state index contributed by atoms with van der Waals surface area (Å²) in [4.78, 5) is 76.2. The second kappa shape index (κ2) is 19.1. The van der Waals surface area contributed by atoms with Crippen molar-refractivity contribution in [3.63, 3.8) is 0 Å². The maximum absolute atomic E-state index is 13.1. The van der Waals surface area contributed by atoms with E-state index in [0.717, 1.165) is 0 Å². The molecule has 0 aromatic rings. The van der Waals surface area contributed by atoms with Crippen LogP contribution in [0, 0.1) is 0 Å². The van der Waals surface area contributed by atoms with Gasteiger partial charge in [-0.2, -0.15) is 0 Å². The van der Waals surface area contributed by atoms with Crippen molar-refractivity contribution in [1.82, 2.24) is 16.0 Å². The predicted octanol–water partition coefficient (Wildman–Crippen LogP) is -4.43. The Bertz CT molecular complexity index is 879. The average molecular weight is 559 g/mol. The lowest BCUT2D eigenvalue weighted by Gasteiger charge is -2.25. The molecule has 0 aliphatic heterocycles. The maximum Gasteiger partial charge on any atom is 0.326 e. The molecule has 4 unspecified atom stereocenters. The number of nitrogens with one attached hydrogen (secondary N) is 3. The van der Waals surface area contributed by atoms with Crippen LogP contribution in [-0.2, 0) is 28.8 Å². The van der Waals surface area contributed by atoms with E-state index in [4.69, 9.17) is 34.4 Å². The van der Waals surface area contributed by atoms with Gasteiger partial charge in [0.05, 0.1) is 6.04 Å². The van der Waals surface area contributed by atoms with Gasteiger partial charge in [-0.05, 0) is 51.5 Å². The van der Waals surface area contributed by atoms with E-state index < -0.39 is 59.7 Å². The van der Waals surface area contributed by atoms with Crippen LogP contribution in [0.4, 0.5) is 0 Å². The highest BCUT2D eigenvalue weighted by Gasteiger charge is 2.30. The van der Waals surface area contributed by atoms with Crippen LogP contribution in [0.1, 0.15) is 57.8 Å². The third kappa shape index (κ3) is 16.5. The van der Waals surface area contributed by atoms with Gasteiger partial charge < -0.3 is 55.5 Å². The summed E-state index contributed by atoms with van der Waals surface area (Å²) in [5.41, 5.74) is 32.0. The summed E-state index contributed by atoms with van der Waals surface area (Å²) in [5.74, 6) is -5.22. The van der Waals surface area contributed by atoms with Crippen molar-refractivity contribution in [3.05, 3.63) is 0 Å². The van der Waals surface area contributed by atoms with Gasteiger partial charge in [0.2, 0.25) is 29.5 Å². The third-order valence-electron chi connectivity index (χ3n) is 5.49. The zero-order valence-corrected chi connectivity index (χ0v) is 21.9. The number of carboxylic acids is 1. The van der Waals surface area contributed by atoms with Crippen LogP contribution >= 0.6 is 0 Å². The van der Waals surface area contributed by atoms with E-state index in [1.807, 2.05) is 0 Å². The topological polar surface area (TPSA) is 327 Å². The van der Waals surface area contributed by atoms with Crippen LogP contribution in [0.5, 0.6) is 0 Å². The van der Waals surface area contributed by atoms with E-state index in [2.05, 4.69) is 20.9 Å². The zero-order valence-electron chi connectivity index (χ0n) is 21.9. The summed E-state index contributed by atoms with van der Waals surface area (Å²) in [7, 11) is 0. The molecule has 39 heavy (non-hydrogen) atoms. The first-order chi connectivity index (χ1) is 18.3. The normalized spacial score (nSPS) is 13.7. The van der Waals surface area contributed by atoms with E-state index in [1.54, 1.807) is 0 Å². The molecule has 0 heterocycles. The monoisotopic (exact) mass is 558 g/mol. The summed E-state index contributed by atoms with van der Waals surface area (Å²) in [6.07, 6.45) is 0.638. The quantitative estimate of drug-likeness (QED) is 0.0364. The minimum Gasteiger partial charge on any atom is -0.480 e. The average Bonchev–Trinajstić information content (AvgIpc) is 2.85. The fourth-order valence-corrected chi connectivity index (χ4v) is 3.33. The standard InChI is InChI=1S/C22H42N10O7/c23-10-2-1-4-13(19(36)32-15(21(38)39)5-3-11-29-22(27)28)31-20(37)14(7-9-17(26)34)30-18(35)12(24)6-8-16(25)33/h12-15H,1-11,23-24H2,(H2,25,33)(H2,26,34)(H,30,35)(H,31,37)(H,32,36)(H,38,39)(H4,27,28,29). The van der Waals surface area contributed by atoms with Crippen molar-refractivity contribution in [1.29, 1.82) is 0 Å². The number of primary amides is 2. The predicted molar refractivity (Wildman–Crippen MR) is 141 cm³/mol. The molecule has 0 aromatic carbocycles. The number of aliphatic carboxylic acids is 1. The van der Waals surface area contributed by atoms with Crippen molar-refractivity contribution >= 4 is 41.5 Å². The molecule has 0 rings (SSSR count). The fraction of sp³-hybridized carbons (Fsp3) is 0.682.